The average molecular weight is 186 g/mol. The van der Waals surface area contributed by atoms with Gasteiger partial charge in [-0.3, -0.25) is 4.79 Å². The molecule has 0 bridgehead atoms. The zero-order chi connectivity index (χ0) is 10.1. The van der Waals surface area contributed by atoms with Gasteiger partial charge in [0.05, 0.1) is 0 Å². The number of unbranched alkanes of at least 4 members (excludes halogenated alkanes) is 1. The predicted octanol–water partition coefficient (Wildman–Crippen LogP) is 2.95. The van der Waals surface area contributed by atoms with Crippen molar-refractivity contribution in [1.29, 1.82) is 0 Å². The van der Waals surface area contributed by atoms with Crippen LogP contribution in [0.15, 0.2) is 0 Å². The topological polar surface area (TPSA) is 26.3 Å². The van der Waals surface area contributed by atoms with Crippen LogP contribution in [0.2, 0.25) is 0 Å². The Bertz CT molecular complexity index is 132. The van der Waals surface area contributed by atoms with Gasteiger partial charge in [-0.25, -0.2) is 0 Å². The number of hydrogen-bond acceptors (Lipinski definition) is 2. The quantitative estimate of drug-likeness (QED) is 0.582. The predicted molar refractivity (Wildman–Crippen MR) is 54.9 cm³/mol. The van der Waals surface area contributed by atoms with Gasteiger partial charge in [0, 0.05) is 13.0 Å². The van der Waals surface area contributed by atoms with Crippen LogP contribution in [0.3, 0.4) is 0 Å². The van der Waals surface area contributed by atoms with E-state index >= 15 is 0 Å². The zero-order valence-electron chi connectivity index (χ0n) is 9.14. The van der Waals surface area contributed by atoms with Gasteiger partial charge in [-0.05, 0) is 19.8 Å². The normalized spacial score (nSPS) is 12.8. The first-order valence-electron chi connectivity index (χ1n) is 5.40. The Morgan fingerprint density at radius 3 is 2.38 bits per heavy atom. The summed E-state index contributed by atoms with van der Waals surface area (Å²) in [6.07, 6.45) is 4.56. The number of Topliss-reactive ketones (excluding diaryl/α,β-unsaturated/α-hetero) is 1. The fourth-order valence-corrected chi connectivity index (χ4v) is 1.34. The maximum Gasteiger partial charge on any atom is 0.161 e. The van der Waals surface area contributed by atoms with Gasteiger partial charge < -0.3 is 4.74 Å². The van der Waals surface area contributed by atoms with Gasteiger partial charge in [0.2, 0.25) is 0 Å². The second kappa shape index (κ2) is 8.24. The largest absolute Gasteiger partial charge is 0.371 e. The Kier molecular flexibility index (Phi) is 8.00. The lowest BCUT2D eigenvalue weighted by Crippen LogP contribution is -2.24. The SMILES string of the molecule is CCCCC(OCC)C(=O)CCC. The molecular weight excluding hydrogens is 164 g/mol. The highest BCUT2D eigenvalue weighted by molar-refractivity contribution is 5.82. The fraction of sp³-hybridized carbons (Fsp3) is 0.909. The van der Waals surface area contributed by atoms with Gasteiger partial charge in [-0.1, -0.05) is 26.7 Å². The molecule has 0 spiro atoms. The number of ketones is 1. The first-order valence-corrected chi connectivity index (χ1v) is 5.40. The fourth-order valence-electron chi connectivity index (χ4n) is 1.34. The molecule has 0 fully saturated rings. The molecular formula is C11H22O2. The molecule has 1 unspecified atom stereocenters. The molecule has 0 aromatic carbocycles. The van der Waals surface area contributed by atoms with Crippen LogP contribution in [0.25, 0.3) is 0 Å². The van der Waals surface area contributed by atoms with E-state index in [1.165, 1.54) is 0 Å². The molecule has 0 N–H and O–H groups in total. The number of rotatable bonds is 8. The molecule has 0 aliphatic carbocycles. The number of ether oxygens (including phenoxy) is 1. The molecule has 0 saturated heterocycles. The summed E-state index contributed by atoms with van der Waals surface area (Å²) in [4.78, 5) is 11.5. The molecule has 0 aliphatic rings. The van der Waals surface area contributed by atoms with Crippen molar-refractivity contribution in [3.05, 3.63) is 0 Å². The van der Waals surface area contributed by atoms with Gasteiger partial charge in [-0.2, -0.15) is 0 Å². The maximum atomic E-state index is 11.5. The second-order valence-corrected chi connectivity index (χ2v) is 3.30. The minimum absolute atomic E-state index is 0.134. The van der Waals surface area contributed by atoms with Crippen molar-refractivity contribution in [2.45, 2.75) is 59.0 Å². The summed E-state index contributed by atoms with van der Waals surface area (Å²) in [6.45, 7) is 6.75. The molecule has 0 aromatic heterocycles. The molecule has 0 aliphatic heterocycles. The second-order valence-electron chi connectivity index (χ2n) is 3.30. The summed E-state index contributed by atoms with van der Waals surface area (Å²) in [5.74, 6) is 0.276. The molecule has 13 heavy (non-hydrogen) atoms. The first-order chi connectivity index (χ1) is 6.26. The summed E-state index contributed by atoms with van der Waals surface area (Å²) in [5, 5.41) is 0. The Morgan fingerprint density at radius 2 is 1.92 bits per heavy atom. The van der Waals surface area contributed by atoms with Crippen LogP contribution in [0, 0.1) is 0 Å². The summed E-state index contributed by atoms with van der Waals surface area (Å²) in [5.41, 5.74) is 0. The average Bonchev–Trinajstić information content (AvgIpc) is 2.12. The van der Waals surface area contributed by atoms with Crippen LogP contribution >= 0.6 is 0 Å². The van der Waals surface area contributed by atoms with Gasteiger partial charge in [-0.15, -0.1) is 0 Å². The minimum Gasteiger partial charge on any atom is -0.371 e. The minimum atomic E-state index is -0.134. The Hall–Kier alpha value is -0.370. The number of carbonyl (C=O) groups is 1. The molecule has 0 radical (unpaired) electrons. The van der Waals surface area contributed by atoms with E-state index in [1.54, 1.807) is 0 Å². The number of carbonyl (C=O) groups excluding carboxylic acids is 1. The molecule has 2 heteroatoms. The van der Waals surface area contributed by atoms with Crippen LogP contribution in [0.4, 0.5) is 0 Å². The lowest BCUT2D eigenvalue weighted by molar-refractivity contribution is -0.130. The lowest BCUT2D eigenvalue weighted by atomic mass is 10.1. The molecule has 0 saturated carbocycles. The van der Waals surface area contributed by atoms with Crippen molar-refractivity contribution < 1.29 is 9.53 Å². The summed E-state index contributed by atoms with van der Waals surface area (Å²) >= 11 is 0. The van der Waals surface area contributed by atoms with E-state index in [4.69, 9.17) is 4.74 Å². The van der Waals surface area contributed by atoms with Crippen molar-refractivity contribution in [2.75, 3.05) is 6.61 Å². The third-order valence-corrected chi connectivity index (χ3v) is 2.04. The summed E-state index contributed by atoms with van der Waals surface area (Å²) in [7, 11) is 0. The standard InChI is InChI=1S/C11H22O2/c1-4-7-9-11(13-6-3)10(12)8-5-2/h11H,4-9H2,1-3H3. The van der Waals surface area contributed by atoms with Gasteiger partial charge >= 0.3 is 0 Å². The van der Waals surface area contributed by atoms with Crippen LogP contribution in [0.1, 0.15) is 52.9 Å². The van der Waals surface area contributed by atoms with Crippen molar-refractivity contribution in [2.24, 2.45) is 0 Å². The third-order valence-electron chi connectivity index (χ3n) is 2.04. The Labute approximate surface area is 81.7 Å². The summed E-state index contributed by atoms with van der Waals surface area (Å²) < 4.78 is 5.41. The molecule has 2 nitrogen and oxygen atoms in total. The van der Waals surface area contributed by atoms with E-state index in [0.29, 0.717) is 13.0 Å². The van der Waals surface area contributed by atoms with Crippen molar-refractivity contribution in [1.82, 2.24) is 0 Å². The van der Waals surface area contributed by atoms with E-state index in [9.17, 15) is 4.79 Å². The van der Waals surface area contributed by atoms with E-state index in [2.05, 4.69) is 6.92 Å². The third kappa shape index (κ3) is 5.81. The zero-order valence-corrected chi connectivity index (χ0v) is 9.14. The van der Waals surface area contributed by atoms with Crippen LogP contribution in [-0.2, 0) is 9.53 Å². The van der Waals surface area contributed by atoms with Crippen molar-refractivity contribution >= 4 is 5.78 Å². The number of hydrogen-bond donors (Lipinski definition) is 0. The molecule has 0 heterocycles. The lowest BCUT2D eigenvalue weighted by Gasteiger charge is -2.14. The van der Waals surface area contributed by atoms with Crippen LogP contribution in [-0.4, -0.2) is 18.5 Å². The monoisotopic (exact) mass is 186 g/mol. The van der Waals surface area contributed by atoms with E-state index in [1.807, 2.05) is 13.8 Å². The molecule has 78 valence electrons. The summed E-state index contributed by atoms with van der Waals surface area (Å²) in [6, 6.07) is 0. The molecule has 0 amide bonds. The Balaban J connectivity index is 3.83. The van der Waals surface area contributed by atoms with Gasteiger partial charge in [0.25, 0.3) is 0 Å². The molecule has 0 aromatic rings. The van der Waals surface area contributed by atoms with Crippen LogP contribution in [0.5, 0.6) is 0 Å². The van der Waals surface area contributed by atoms with E-state index in [-0.39, 0.29) is 11.9 Å². The van der Waals surface area contributed by atoms with Gasteiger partial charge in [0.15, 0.2) is 5.78 Å². The van der Waals surface area contributed by atoms with Gasteiger partial charge in [0.1, 0.15) is 6.10 Å². The highest BCUT2D eigenvalue weighted by Crippen LogP contribution is 2.09. The smallest absolute Gasteiger partial charge is 0.161 e. The highest BCUT2D eigenvalue weighted by atomic mass is 16.5. The molecule has 1 atom stereocenters. The highest BCUT2D eigenvalue weighted by Gasteiger charge is 2.16. The van der Waals surface area contributed by atoms with E-state index < -0.39 is 0 Å². The maximum absolute atomic E-state index is 11.5. The molecule has 0 rings (SSSR count). The Morgan fingerprint density at radius 1 is 1.23 bits per heavy atom. The van der Waals surface area contributed by atoms with Crippen molar-refractivity contribution in [3.8, 4) is 0 Å². The van der Waals surface area contributed by atoms with E-state index in [0.717, 1.165) is 25.7 Å². The van der Waals surface area contributed by atoms with Crippen LogP contribution < -0.4 is 0 Å². The van der Waals surface area contributed by atoms with Crippen molar-refractivity contribution in [3.63, 3.8) is 0 Å². The first kappa shape index (κ1) is 12.6.